The van der Waals surface area contributed by atoms with Crippen molar-refractivity contribution in [1.29, 1.82) is 0 Å². The summed E-state index contributed by atoms with van der Waals surface area (Å²) in [6.07, 6.45) is -15.1. The van der Waals surface area contributed by atoms with Gasteiger partial charge in [0, 0.05) is 51.9 Å². The van der Waals surface area contributed by atoms with Gasteiger partial charge in [0.2, 0.25) is 0 Å². The Morgan fingerprint density at radius 3 is 2.12 bits per heavy atom. The van der Waals surface area contributed by atoms with Gasteiger partial charge in [-0.1, -0.05) is 20.8 Å². The molecule has 2 amide bonds. The number of halogens is 3. The van der Waals surface area contributed by atoms with Crippen molar-refractivity contribution in [3.8, 4) is 0 Å². The zero-order chi connectivity index (χ0) is 51.5. The first-order chi connectivity index (χ1) is 31.4. The van der Waals surface area contributed by atoms with Crippen LogP contribution in [0.25, 0.3) is 0 Å². The van der Waals surface area contributed by atoms with Crippen LogP contribution in [0.2, 0.25) is 0 Å². The second-order valence-corrected chi connectivity index (χ2v) is 20.2. The molecule has 6 N–H and O–H groups in total. The van der Waals surface area contributed by atoms with E-state index in [-0.39, 0.29) is 50.4 Å². The number of anilines is 1. The largest absolute Gasteiger partial charge is 0.459 e. The topological polar surface area (TPSA) is 218 Å². The van der Waals surface area contributed by atoms with Gasteiger partial charge in [-0.3, -0.25) is 9.69 Å². The summed E-state index contributed by atoms with van der Waals surface area (Å²) in [6.45, 7) is 18.8. The monoisotopic (exact) mass is 980 g/mol. The number of esters is 1. The number of methoxy groups -OCH3 is 1. The van der Waals surface area contributed by atoms with E-state index >= 15 is 0 Å². The summed E-state index contributed by atoms with van der Waals surface area (Å²) in [4.78, 5) is 30.8. The van der Waals surface area contributed by atoms with Gasteiger partial charge >= 0.3 is 18.2 Å². The number of carbonyl (C=O) groups excluding carboxylic acids is 2. The van der Waals surface area contributed by atoms with Gasteiger partial charge in [0.05, 0.1) is 54.1 Å². The fourth-order valence-corrected chi connectivity index (χ4v) is 10.2. The van der Waals surface area contributed by atoms with Crippen LogP contribution in [0.1, 0.15) is 107 Å². The highest BCUT2D eigenvalue weighted by atomic mass is 19.4. The van der Waals surface area contributed by atoms with Crippen LogP contribution >= 0.6 is 0 Å². The van der Waals surface area contributed by atoms with Crippen LogP contribution in [0.4, 0.5) is 23.7 Å². The van der Waals surface area contributed by atoms with Crippen LogP contribution in [-0.4, -0.2) is 173 Å². The van der Waals surface area contributed by atoms with Gasteiger partial charge in [0.1, 0.15) is 35.1 Å². The molecule has 18 atom stereocenters. The lowest BCUT2D eigenvalue weighted by Gasteiger charge is -2.53. The van der Waals surface area contributed by atoms with Gasteiger partial charge in [-0.15, -0.1) is 0 Å². The summed E-state index contributed by atoms with van der Waals surface area (Å²) in [6, 6.07) is 1.82. The van der Waals surface area contributed by atoms with E-state index in [2.05, 4.69) is 5.32 Å². The lowest BCUT2D eigenvalue weighted by atomic mass is 9.75. The quantitative estimate of drug-likeness (QED) is 0.167. The maximum absolute atomic E-state index is 14.5. The molecule has 17 nitrogen and oxygen atoms in total. The van der Waals surface area contributed by atoms with Crippen molar-refractivity contribution in [2.45, 2.75) is 198 Å². The predicted octanol–water partition coefficient (Wildman–Crippen LogP) is 4.61. The number of aliphatic hydroxyl groups excluding tert-OH is 2. The van der Waals surface area contributed by atoms with Crippen LogP contribution < -0.4 is 10.2 Å². The van der Waals surface area contributed by atoms with Crippen molar-refractivity contribution in [1.82, 2.24) is 10.2 Å². The summed E-state index contributed by atoms with van der Waals surface area (Å²) in [5, 5.41) is 63.2. The van der Waals surface area contributed by atoms with Crippen molar-refractivity contribution in [2.24, 2.45) is 17.8 Å². The van der Waals surface area contributed by atoms with Gasteiger partial charge in [-0.05, 0) is 111 Å². The van der Waals surface area contributed by atoms with Crippen molar-refractivity contribution >= 4 is 17.7 Å². The van der Waals surface area contributed by atoms with E-state index in [4.69, 9.17) is 33.2 Å². The molecule has 0 aliphatic carbocycles. The lowest BCUT2D eigenvalue weighted by Crippen LogP contribution is -2.68. The van der Waals surface area contributed by atoms with Gasteiger partial charge in [0.25, 0.3) is 0 Å². The number of benzene rings is 1. The first kappa shape index (κ1) is 57.8. The second kappa shape index (κ2) is 22.8. The number of aliphatic hydroxyl groups is 5. The molecule has 3 saturated heterocycles. The SMILES string of the molecule is CCOC[C@]1(O)[C@H](C)O[C@@H](O[C@H]2[C@H](C)[C@@H](O[C@@H]3O[C@H](C)C[C@H](N(C)C(=O)N(C)c4ccc(C(F)(F)F)cc4)[C@H]3O)[C@](C)(O)C[C@@H](C)CN[C@H](C)[C@@H](O)[C@](C)(O)[C@@H](CC)OC(=O)[C@@H]2C)C[C@@]1(C)OC. The van der Waals surface area contributed by atoms with Crippen molar-refractivity contribution in [3.05, 3.63) is 29.8 Å². The average Bonchev–Trinajstić information content (AvgIpc) is 3.27. The number of cyclic esters (lactones) is 1. The number of likely N-dealkylation sites (N-methyl/N-ethyl adjacent to an activating group) is 1. The third kappa shape index (κ3) is 12.6. The fourth-order valence-electron chi connectivity index (χ4n) is 10.2. The molecule has 0 saturated carbocycles. The molecule has 0 radical (unpaired) electrons. The van der Waals surface area contributed by atoms with E-state index in [0.717, 1.165) is 17.0 Å². The van der Waals surface area contributed by atoms with E-state index in [0.29, 0.717) is 6.61 Å². The number of alkyl halides is 3. The van der Waals surface area contributed by atoms with Gasteiger partial charge in [0.15, 0.2) is 12.6 Å². The molecule has 3 aliphatic heterocycles. The first-order valence-corrected chi connectivity index (χ1v) is 23.8. The molecule has 1 aromatic carbocycles. The molecule has 0 spiro atoms. The Kier molecular flexibility index (Phi) is 19.4. The highest BCUT2D eigenvalue weighted by Gasteiger charge is 2.59. The zero-order valence-corrected chi connectivity index (χ0v) is 42.3. The summed E-state index contributed by atoms with van der Waals surface area (Å²) in [7, 11) is 4.30. The molecule has 3 heterocycles. The number of nitrogens with zero attached hydrogens (tertiary/aromatic N) is 2. The van der Waals surface area contributed by atoms with E-state index in [1.54, 1.807) is 62.3 Å². The Labute approximate surface area is 399 Å². The lowest BCUT2D eigenvalue weighted by molar-refractivity contribution is -0.343. The van der Waals surface area contributed by atoms with Gasteiger partial charge in [-0.2, -0.15) is 13.2 Å². The highest BCUT2D eigenvalue weighted by Crippen LogP contribution is 2.44. The molecule has 1 aromatic rings. The maximum atomic E-state index is 14.5. The van der Waals surface area contributed by atoms with Crippen LogP contribution in [-0.2, 0) is 44.1 Å². The molecular formula is C48H80F3N3O14. The molecule has 0 bridgehead atoms. The second-order valence-electron chi connectivity index (χ2n) is 20.2. The Hall–Kier alpha value is -2.73. The standard InChI is InChI=1S/C48H80F3N3O14/c1-15-35-46(11,60)39(56)30(7)52-24-26(3)22-44(9,59)40(28(5)38(29(6)41(57)66-35)67-36-23-45(10,62-14)47(61,25-63-16-2)31(8)65-36)68-42-37(55)34(21-27(4)64-42)54(13)43(58)53(12)33-19-17-32(18-20-33)48(49,50)51/h17-20,26-31,34-40,42,52,55-56,59-61H,15-16,21-25H2,1-14H3/t26-,27-,28+,29-,30-,31+,34+,35-,36+,37-,38+,39-,40-,42+,44-,45-,46-,47+/m1/s1. The predicted molar refractivity (Wildman–Crippen MR) is 244 cm³/mol. The third-order valence-corrected chi connectivity index (χ3v) is 14.7. The summed E-state index contributed by atoms with van der Waals surface area (Å²) < 4.78 is 83.8. The van der Waals surface area contributed by atoms with Crippen LogP contribution in [0.5, 0.6) is 0 Å². The highest BCUT2D eigenvalue weighted by molar-refractivity contribution is 5.91. The van der Waals surface area contributed by atoms with E-state index in [1.807, 2.05) is 6.92 Å². The summed E-state index contributed by atoms with van der Waals surface area (Å²) in [5.74, 6) is -3.28. The Bertz CT molecular complexity index is 1800. The van der Waals surface area contributed by atoms with Gasteiger partial charge in [-0.25, -0.2) is 4.79 Å². The maximum Gasteiger partial charge on any atom is 0.416 e. The molecule has 3 fully saturated rings. The number of hydrogen-bond acceptors (Lipinski definition) is 15. The third-order valence-electron chi connectivity index (χ3n) is 14.7. The molecule has 3 aliphatic rings. The fraction of sp³-hybridized carbons (Fsp3) is 0.833. The van der Waals surface area contributed by atoms with Crippen molar-refractivity contribution in [3.63, 3.8) is 0 Å². The Balaban J connectivity index is 1.79. The molecule has 0 aromatic heterocycles. The van der Waals surface area contributed by atoms with Gasteiger partial charge < -0.3 is 68.9 Å². The Morgan fingerprint density at radius 2 is 1.56 bits per heavy atom. The van der Waals surface area contributed by atoms with Crippen LogP contribution in [0.15, 0.2) is 24.3 Å². The minimum Gasteiger partial charge on any atom is -0.459 e. The minimum absolute atomic E-state index is 0.0473. The van der Waals surface area contributed by atoms with E-state index in [9.17, 15) is 48.3 Å². The number of nitrogens with one attached hydrogen (secondary N) is 1. The minimum atomic E-state index is -4.57. The van der Waals surface area contributed by atoms with E-state index in [1.165, 1.54) is 45.2 Å². The number of ether oxygens (including phenoxy) is 7. The van der Waals surface area contributed by atoms with Crippen LogP contribution in [0.3, 0.4) is 0 Å². The van der Waals surface area contributed by atoms with Crippen LogP contribution in [0, 0.1) is 17.8 Å². The Morgan fingerprint density at radius 1 is 0.941 bits per heavy atom. The molecule has 68 heavy (non-hydrogen) atoms. The number of rotatable bonds is 11. The molecule has 20 heteroatoms. The number of urea groups is 1. The number of carbonyl (C=O) groups is 2. The molecule has 0 unspecified atom stereocenters. The summed E-state index contributed by atoms with van der Waals surface area (Å²) >= 11 is 0. The summed E-state index contributed by atoms with van der Waals surface area (Å²) in [5.41, 5.74) is -7.31. The first-order valence-electron chi connectivity index (χ1n) is 23.8. The normalized spacial score (nSPS) is 41.5. The molecule has 4 rings (SSSR count). The van der Waals surface area contributed by atoms with Crippen molar-refractivity contribution < 1.29 is 81.5 Å². The average molecular weight is 980 g/mol. The number of hydrogen-bond donors (Lipinski definition) is 6. The zero-order valence-electron chi connectivity index (χ0n) is 42.3. The molecular weight excluding hydrogens is 900 g/mol. The van der Waals surface area contributed by atoms with Crippen molar-refractivity contribution in [2.75, 3.05) is 45.9 Å². The number of amides is 2. The molecule has 392 valence electrons. The van der Waals surface area contributed by atoms with E-state index < -0.39 is 125 Å². The smallest absolute Gasteiger partial charge is 0.416 e.